The molecule has 0 saturated carbocycles. The molecule has 0 aromatic carbocycles. The molecule has 1 aliphatic carbocycles. The molecule has 1 aliphatic rings. The van der Waals surface area contributed by atoms with Crippen LogP contribution in [0.5, 0.6) is 0 Å². The monoisotopic (exact) mass is 195 g/mol. The first-order valence-corrected chi connectivity index (χ1v) is 5.71. The van der Waals surface area contributed by atoms with Gasteiger partial charge in [-0.05, 0) is 38.4 Å². The molecule has 0 aliphatic heterocycles. The van der Waals surface area contributed by atoms with Crippen molar-refractivity contribution in [3.05, 3.63) is 11.6 Å². The maximum absolute atomic E-state index is 11.2. The number of carbonyl (C=O) groups is 1. The van der Waals surface area contributed by atoms with Gasteiger partial charge in [0.2, 0.25) is 0 Å². The third-order valence-electron chi connectivity index (χ3n) is 2.93. The van der Waals surface area contributed by atoms with Crippen molar-refractivity contribution in [3.8, 4) is 0 Å². The van der Waals surface area contributed by atoms with E-state index in [1.165, 1.54) is 5.57 Å². The van der Waals surface area contributed by atoms with Crippen LogP contribution >= 0.6 is 0 Å². The van der Waals surface area contributed by atoms with Crippen molar-refractivity contribution < 1.29 is 4.79 Å². The van der Waals surface area contributed by atoms with Crippen LogP contribution in [0.1, 0.15) is 39.5 Å². The fourth-order valence-electron chi connectivity index (χ4n) is 1.90. The molecule has 0 atom stereocenters. The molecule has 2 nitrogen and oxygen atoms in total. The Labute approximate surface area is 87.0 Å². The summed E-state index contributed by atoms with van der Waals surface area (Å²) in [5.74, 6) is 0.325. The Balaban J connectivity index is 2.33. The lowest BCUT2D eigenvalue weighted by atomic mass is 9.96. The summed E-state index contributed by atoms with van der Waals surface area (Å²) < 4.78 is 0. The van der Waals surface area contributed by atoms with Gasteiger partial charge in [0.15, 0.2) is 5.78 Å². The smallest absolute Gasteiger partial charge is 0.155 e. The van der Waals surface area contributed by atoms with Gasteiger partial charge in [0, 0.05) is 13.0 Å². The summed E-state index contributed by atoms with van der Waals surface area (Å²) in [5, 5.41) is 0. The van der Waals surface area contributed by atoms with Crippen LogP contribution in [0.2, 0.25) is 0 Å². The summed E-state index contributed by atoms with van der Waals surface area (Å²) in [6.45, 7) is 7.69. The van der Waals surface area contributed by atoms with Crippen LogP contribution in [0.15, 0.2) is 11.6 Å². The van der Waals surface area contributed by atoms with Crippen LogP contribution in [0.25, 0.3) is 0 Å². The van der Waals surface area contributed by atoms with E-state index >= 15 is 0 Å². The Morgan fingerprint density at radius 2 is 2.00 bits per heavy atom. The zero-order valence-corrected chi connectivity index (χ0v) is 9.38. The summed E-state index contributed by atoms with van der Waals surface area (Å²) >= 11 is 0. The van der Waals surface area contributed by atoms with Gasteiger partial charge in [0.05, 0.1) is 0 Å². The summed E-state index contributed by atoms with van der Waals surface area (Å²) in [6, 6.07) is 0. The lowest BCUT2D eigenvalue weighted by Gasteiger charge is -2.19. The molecule has 1 rings (SSSR count). The lowest BCUT2D eigenvalue weighted by molar-refractivity contribution is -0.115. The first-order chi connectivity index (χ1) is 6.76. The molecule has 0 unspecified atom stereocenters. The van der Waals surface area contributed by atoms with E-state index < -0.39 is 0 Å². The lowest BCUT2D eigenvalue weighted by Crippen LogP contribution is -2.24. The van der Waals surface area contributed by atoms with Crippen molar-refractivity contribution in [2.24, 2.45) is 0 Å². The molecular weight excluding hydrogens is 174 g/mol. The number of carbonyl (C=O) groups excluding carboxylic acids is 1. The summed E-state index contributed by atoms with van der Waals surface area (Å²) in [4.78, 5) is 13.6. The Morgan fingerprint density at radius 1 is 1.29 bits per heavy atom. The molecule has 2 heteroatoms. The predicted molar refractivity (Wildman–Crippen MR) is 59.3 cm³/mol. The zero-order valence-electron chi connectivity index (χ0n) is 9.38. The van der Waals surface area contributed by atoms with E-state index in [1.807, 2.05) is 6.08 Å². The molecule has 80 valence electrons. The third-order valence-corrected chi connectivity index (χ3v) is 2.93. The van der Waals surface area contributed by atoms with Gasteiger partial charge in [-0.2, -0.15) is 0 Å². The summed E-state index contributed by atoms with van der Waals surface area (Å²) in [6.07, 6.45) is 5.89. The van der Waals surface area contributed by atoms with Crippen molar-refractivity contribution in [1.82, 2.24) is 4.90 Å². The molecule has 14 heavy (non-hydrogen) atoms. The van der Waals surface area contributed by atoms with E-state index in [1.54, 1.807) is 0 Å². The van der Waals surface area contributed by atoms with Gasteiger partial charge >= 0.3 is 0 Å². The molecule has 0 aromatic rings. The molecular formula is C12H21NO. The average molecular weight is 195 g/mol. The average Bonchev–Trinajstić information content (AvgIpc) is 2.19. The quantitative estimate of drug-likeness (QED) is 0.671. The summed E-state index contributed by atoms with van der Waals surface area (Å²) in [7, 11) is 0. The maximum Gasteiger partial charge on any atom is 0.155 e. The second-order valence-corrected chi connectivity index (χ2v) is 3.90. The normalized spacial score (nSPS) is 17.4. The van der Waals surface area contributed by atoms with Gasteiger partial charge in [-0.25, -0.2) is 0 Å². The van der Waals surface area contributed by atoms with Crippen LogP contribution < -0.4 is 0 Å². The topological polar surface area (TPSA) is 20.3 Å². The second kappa shape index (κ2) is 5.97. The van der Waals surface area contributed by atoms with E-state index in [9.17, 15) is 4.79 Å². The first kappa shape index (κ1) is 11.4. The number of ketones is 1. The Kier molecular flexibility index (Phi) is 4.88. The van der Waals surface area contributed by atoms with Crippen LogP contribution in [0, 0.1) is 0 Å². The number of hydrogen-bond donors (Lipinski definition) is 0. The van der Waals surface area contributed by atoms with Crippen molar-refractivity contribution in [1.29, 1.82) is 0 Å². The highest BCUT2D eigenvalue weighted by Gasteiger charge is 2.10. The van der Waals surface area contributed by atoms with Gasteiger partial charge < -0.3 is 4.90 Å². The third kappa shape index (κ3) is 3.62. The highest BCUT2D eigenvalue weighted by Crippen LogP contribution is 2.18. The predicted octanol–water partition coefficient (Wildman–Crippen LogP) is 2.40. The van der Waals surface area contributed by atoms with Crippen LogP contribution in [-0.2, 0) is 4.79 Å². The molecule has 0 N–H and O–H groups in total. The van der Waals surface area contributed by atoms with E-state index in [-0.39, 0.29) is 0 Å². The SMILES string of the molecule is CCN(CC)CCC1=CC(=O)CCC1. The Morgan fingerprint density at radius 3 is 2.57 bits per heavy atom. The molecule has 0 spiro atoms. The summed E-state index contributed by atoms with van der Waals surface area (Å²) in [5.41, 5.74) is 1.35. The zero-order chi connectivity index (χ0) is 10.4. The van der Waals surface area contributed by atoms with Crippen molar-refractivity contribution >= 4 is 5.78 Å². The number of nitrogens with zero attached hydrogens (tertiary/aromatic N) is 1. The fraction of sp³-hybridized carbons (Fsp3) is 0.750. The minimum atomic E-state index is 0.325. The van der Waals surface area contributed by atoms with Crippen molar-refractivity contribution in [2.75, 3.05) is 19.6 Å². The molecule has 0 fully saturated rings. The van der Waals surface area contributed by atoms with E-state index in [4.69, 9.17) is 0 Å². The number of rotatable bonds is 5. The fourth-order valence-corrected chi connectivity index (χ4v) is 1.90. The Hall–Kier alpha value is -0.630. The second-order valence-electron chi connectivity index (χ2n) is 3.90. The maximum atomic E-state index is 11.2. The number of allylic oxidation sites excluding steroid dienone is 1. The van der Waals surface area contributed by atoms with Gasteiger partial charge in [-0.3, -0.25) is 4.79 Å². The van der Waals surface area contributed by atoms with Crippen LogP contribution in [0.4, 0.5) is 0 Å². The van der Waals surface area contributed by atoms with Gasteiger partial charge in [-0.15, -0.1) is 0 Å². The van der Waals surface area contributed by atoms with Gasteiger partial charge in [0.1, 0.15) is 0 Å². The largest absolute Gasteiger partial charge is 0.304 e. The van der Waals surface area contributed by atoms with Gasteiger partial charge in [0.25, 0.3) is 0 Å². The first-order valence-electron chi connectivity index (χ1n) is 5.71. The van der Waals surface area contributed by atoms with Crippen LogP contribution in [0.3, 0.4) is 0 Å². The van der Waals surface area contributed by atoms with Crippen molar-refractivity contribution in [2.45, 2.75) is 39.5 Å². The molecule has 0 amide bonds. The standard InChI is InChI=1S/C12H21NO/c1-3-13(4-2)9-8-11-6-5-7-12(14)10-11/h10H,3-9H2,1-2H3. The van der Waals surface area contributed by atoms with Gasteiger partial charge in [-0.1, -0.05) is 19.4 Å². The minimum absolute atomic E-state index is 0.325. The molecule has 0 heterocycles. The van der Waals surface area contributed by atoms with Crippen LogP contribution in [-0.4, -0.2) is 30.3 Å². The number of hydrogen-bond acceptors (Lipinski definition) is 2. The highest BCUT2D eigenvalue weighted by atomic mass is 16.1. The molecule has 0 aromatic heterocycles. The van der Waals surface area contributed by atoms with E-state index in [0.717, 1.165) is 45.3 Å². The molecule has 0 saturated heterocycles. The highest BCUT2D eigenvalue weighted by molar-refractivity contribution is 5.91. The Bertz CT molecular complexity index is 216. The molecule has 0 bridgehead atoms. The van der Waals surface area contributed by atoms with E-state index in [2.05, 4.69) is 18.7 Å². The molecule has 0 radical (unpaired) electrons. The minimum Gasteiger partial charge on any atom is -0.304 e. The van der Waals surface area contributed by atoms with E-state index in [0.29, 0.717) is 5.78 Å². The van der Waals surface area contributed by atoms with Crippen molar-refractivity contribution in [3.63, 3.8) is 0 Å².